The average molecular weight is 297 g/mol. The number of ether oxygens (including phenoxy) is 1. The second-order valence-electron chi connectivity index (χ2n) is 4.10. The molecule has 0 saturated carbocycles. The minimum absolute atomic E-state index is 0.0718. The van der Waals surface area contributed by atoms with Crippen molar-refractivity contribution >= 4 is 9.84 Å². The molecule has 21 heavy (non-hydrogen) atoms. The number of sulfone groups is 1. The smallest absolute Gasteiger partial charge is 0.245 e. The number of rotatable bonds is 2. The standard InChI is InChI=1S/C16H11NO3S/c1-20-15-6-2-13(3-7-15)10-11-21(18,19)16-8-4-14(12-17)5-9-16/h2-9H,1H3. The molecule has 0 atom stereocenters. The SMILES string of the molecule is COc1ccc(C#CS(=O)(=O)c2ccc(C#N)cc2)cc1. The molecule has 0 amide bonds. The molecule has 0 aliphatic carbocycles. The van der Waals surface area contributed by atoms with Gasteiger partial charge in [-0.3, -0.25) is 0 Å². The van der Waals surface area contributed by atoms with E-state index in [0.29, 0.717) is 16.9 Å². The molecule has 104 valence electrons. The van der Waals surface area contributed by atoms with Crippen LogP contribution < -0.4 is 4.74 Å². The van der Waals surface area contributed by atoms with E-state index in [1.54, 1.807) is 31.4 Å². The van der Waals surface area contributed by atoms with Crippen LogP contribution in [0.25, 0.3) is 0 Å². The van der Waals surface area contributed by atoms with Crippen molar-refractivity contribution in [1.29, 1.82) is 5.26 Å². The number of nitriles is 1. The van der Waals surface area contributed by atoms with Crippen LogP contribution in [-0.4, -0.2) is 15.5 Å². The van der Waals surface area contributed by atoms with Crippen LogP contribution in [0.4, 0.5) is 0 Å². The molecular weight excluding hydrogens is 286 g/mol. The third kappa shape index (κ3) is 3.62. The second kappa shape index (κ2) is 6.13. The van der Waals surface area contributed by atoms with Crippen molar-refractivity contribution in [3.05, 3.63) is 59.7 Å². The zero-order valence-corrected chi connectivity index (χ0v) is 12.0. The van der Waals surface area contributed by atoms with Gasteiger partial charge in [-0.15, -0.1) is 0 Å². The molecule has 0 bridgehead atoms. The maximum atomic E-state index is 12.0. The highest BCUT2D eigenvalue weighted by atomic mass is 32.2. The van der Waals surface area contributed by atoms with Crippen LogP contribution in [0.3, 0.4) is 0 Å². The highest BCUT2D eigenvalue weighted by Gasteiger charge is 2.10. The summed E-state index contributed by atoms with van der Waals surface area (Å²) in [4.78, 5) is 0.0718. The Bertz CT molecular complexity index is 834. The van der Waals surface area contributed by atoms with Crippen molar-refractivity contribution in [3.8, 4) is 23.0 Å². The van der Waals surface area contributed by atoms with Crippen molar-refractivity contribution in [2.24, 2.45) is 0 Å². The molecule has 2 rings (SSSR count). The van der Waals surface area contributed by atoms with Crippen molar-refractivity contribution < 1.29 is 13.2 Å². The minimum Gasteiger partial charge on any atom is -0.497 e. The summed E-state index contributed by atoms with van der Waals surface area (Å²) in [6.45, 7) is 0. The van der Waals surface area contributed by atoms with Gasteiger partial charge in [0.15, 0.2) is 0 Å². The van der Waals surface area contributed by atoms with Gasteiger partial charge in [0.2, 0.25) is 9.84 Å². The predicted molar refractivity (Wildman–Crippen MR) is 78.2 cm³/mol. The fourth-order valence-corrected chi connectivity index (χ4v) is 2.43. The Morgan fingerprint density at radius 2 is 1.52 bits per heavy atom. The van der Waals surface area contributed by atoms with Gasteiger partial charge in [0, 0.05) is 10.8 Å². The molecule has 2 aromatic rings. The van der Waals surface area contributed by atoms with Gasteiger partial charge in [-0.2, -0.15) is 5.26 Å². The van der Waals surface area contributed by atoms with Crippen LogP contribution in [-0.2, 0) is 9.84 Å². The van der Waals surface area contributed by atoms with Crippen LogP contribution in [0.2, 0.25) is 0 Å². The Balaban J connectivity index is 2.28. The topological polar surface area (TPSA) is 67.2 Å². The first-order valence-electron chi connectivity index (χ1n) is 5.97. The normalized spacial score (nSPS) is 10.1. The van der Waals surface area contributed by atoms with E-state index in [1.807, 2.05) is 6.07 Å². The van der Waals surface area contributed by atoms with Gasteiger partial charge in [0.25, 0.3) is 0 Å². The Hall–Kier alpha value is -2.76. The summed E-state index contributed by atoms with van der Waals surface area (Å²) >= 11 is 0. The number of nitrogens with zero attached hydrogens (tertiary/aromatic N) is 1. The van der Waals surface area contributed by atoms with E-state index in [1.165, 1.54) is 24.3 Å². The Labute approximate surface area is 123 Å². The molecule has 0 aliphatic rings. The van der Waals surface area contributed by atoms with E-state index in [-0.39, 0.29) is 4.90 Å². The van der Waals surface area contributed by atoms with E-state index < -0.39 is 9.84 Å². The molecule has 0 unspecified atom stereocenters. The molecule has 0 heterocycles. The lowest BCUT2D eigenvalue weighted by molar-refractivity contribution is 0.415. The van der Waals surface area contributed by atoms with Crippen LogP contribution in [0.1, 0.15) is 11.1 Å². The molecule has 0 N–H and O–H groups in total. The second-order valence-corrected chi connectivity index (χ2v) is 5.78. The molecule has 0 fully saturated rings. The molecule has 0 aliphatic heterocycles. The maximum absolute atomic E-state index is 12.0. The highest BCUT2D eigenvalue weighted by Crippen LogP contribution is 2.13. The summed E-state index contributed by atoms with van der Waals surface area (Å²) in [7, 11) is -2.15. The highest BCUT2D eigenvalue weighted by molar-refractivity contribution is 7.96. The summed E-state index contributed by atoms with van der Waals surface area (Å²) in [5, 5.41) is 11.0. The first-order chi connectivity index (χ1) is 10.0. The molecule has 0 saturated heterocycles. The lowest BCUT2D eigenvalue weighted by atomic mass is 10.2. The summed E-state index contributed by atoms with van der Waals surface area (Å²) in [5.41, 5.74) is 0.977. The zero-order chi connectivity index (χ0) is 15.3. The molecule has 0 spiro atoms. The van der Waals surface area contributed by atoms with Crippen molar-refractivity contribution in [3.63, 3.8) is 0 Å². The van der Waals surface area contributed by atoms with E-state index in [2.05, 4.69) is 11.2 Å². The van der Waals surface area contributed by atoms with Gasteiger partial charge in [-0.1, -0.05) is 0 Å². The van der Waals surface area contributed by atoms with E-state index in [4.69, 9.17) is 10.00 Å². The maximum Gasteiger partial charge on any atom is 0.245 e. The minimum atomic E-state index is -3.70. The third-order valence-electron chi connectivity index (χ3n) is 2.71. The van der Waals surface area contributed by atoms with Crippen molar-refractivity contribution in [2.45, 2.75) is 4.90 Å². The quantitative estimate of drug-likeness (QED) is 0.798. The summed E-state index contributed by atoms with van der Waals surface area (Å²) in [6.07, 6.45) is 0. The van der Waals surface area contributed by atoms with Gasteiger partial charge in [-0.25, -0.2) is 8.42 Å². The molecule has 5 heteroatoms. The summed E-state index contributed by atoms with van der Waals surface area (Å²) < 4.78 is 29.1. The fraction of sp³-hybridized carbons (Fsp3) is 0.0625. The van der Waals surface area contributed by atoms with Crippen molar-refractivity contribution in [1.82, 2.24) is 0 Å². The molecule has 0 aromatic heterocycles. The number of benzene rings is 2. The lowest BCUT2D eigenvalue weighted by Crippen LogP contribution is -1.96. The van der Waals surface area contributed by atoms with Crippen LogP contribution in [0.15, 0.2) is 53.4 Å². The summed E-state index contributed by atoms with van der Waals surface area (Å²) in [6, 6.07) is 14.3. The van der Waals surface area contributed by atoms with E-state index in [9.17, 15) is 8.42 Å². The lowest BCUT2D eigenvalue weighted by Gasteiger charge is -1.98. The Morgan fingerprint density at radius 3 is 2.05 bits per heavy atom. The van der Waals surface area contributed by atoms with Crippen LogP contribution in [0.5, 0.6) is 5.75 Å². The largest absolute Gasteiger partial charge is 0.497 e. The van der Waals surface area contributed by atoms with Gasteiger partial charge < -0.3 is 4.74 Å². The van der Waals surface area contributed by atoms with Crippen LogP contribution in [0, 0.1) is 22.5 Å². The predicted octanol–water partition coefficient (Wildman–Crippen LogP) is 2.35. The monoisotopic (exact) mass is 297 g/mol. The molecule has 4 nitrogen and oxygen atoms in total. The van der Waals surface area contributed by atoms with Gasteiger partial charge >= 0.3 is 0 Å². The molecule has 2 aromatic carbocycles. The Morgan fingerprint density at radius 1 is 0.952 bits per heavy atom. The first-order valence-corrected chi connectivity index (χ1v) is 7.45. The van der Waals surface area contributed by atoms with Crippen molar-refractivity contribution in [2.75, 3.05) is 7.11 Å². The van der Waals surface area contributed by atoms with E-state index in [0.717, 1.165) is 0 Å². The fourth-order valence-electron chi connectivity index (χ4n) is 1.57. The number of hydrogen-bond acceptors (Lipinski definition) is 4. The Kier molecular flexibility index (Phi) is 4.27. The molecular formula is C16H11NO3S. The summed E-state index contributed by atoms with van der Waals surface area (Å²) in [5.74, 6) is 3.28. The van der Waals surface area contributed by atoms with Gasteiger partial charge in [-0.05, 0) is 54.5 Å². The number of hydrogen-bond donors (Lipinski definition) is 0. The van der Waals surface area contributed by atoms with Gasteiger partial charge in [0.1, 0.15) is 5.75 Å². The third-order valence-corrected chi connectivity index (χ3v) is 3.98. The number of methoxy groups -OCH3 is 1. The first kappa shape index (κ1) is 14.6. The average Bonchev–Trinajstić information content (AvgIpc) is 2.53. The van der Waals surface area contributed by atoms with Gasteiger partial charge in [0.05, 0.1) is 23.6 Å². The zero-order valence-electron chi connectivity index (χ0n) is 11.2. The molecule has 0 radical (unpaired) electrons. The van der Waals surface area contributed by atoms with Crippen LogP contribution >= 0.6 is 0 Å². The van der Waals surface area contributed by atoms with E-state index >= 15 is 0 Å².